The van der Waals surface area contributed by atoms with E-state index >= 15 is 0 Å². The van der Waals surface area contributed by atoms with Gasteiger partial charge in [0, 0.05) is 24.5 Å². The van der Waals surface area contributed by atoms with Crippen LogP contribution in [0.15, 0.2) is 5.38 Å². The molecule has 0 saturated carbocycles. The molecule has 0 amide bonds. The quantitative estimate of drug-likeness (QED) is 0.818. The van der Waals surface area contributed by atoms with E-state index in [-0.39, 0.29) is 12.0 Å². The molecule has 1 atom stereocenters. The number of hydrogen-bond donors (Lipinski definition) is 1. The lowest BCUT2D eigenvalue weighted by atomic mass is 10.0. The smallest absolute Gasteiger partial charge is 0.323 e. The fourth-order valence-electron chi connectivity index (χ4n) is 2.55. The van der Waals surface area contributed by atoms with Crippen molar-refractivity contribution in [3.05, 3.63) is 11.1 Å². The van der Waals surface area contributed by atoms with Gasteiger partial charge in [0.05, 0.1) is 12.3 Å². The Kier molecular flexibility index (Phi) is 5.99. The summed E-state index contributed by atoms with van der Waals surface area (Å²) in [5.41, 5.74) is 1.15. The molecule has 1 aliphatic rings. The Hall–Kier alpha value is -1.14. The van der Waals surface area contributed by atoms with Crippen molar-refractivity contribution in [3.63, 3.8) is 0 Å². The second-order valence-corrected chi connectivity index (χ2v) is 6.24. The highest BCUT2D eigenvalue weighted by atomic mass is 32.1. The summed E-state index contributed by atoms with van der Waals surface area (Å²) in [5.74, 6) is -0.114. The summed E-state index contributed by atoms with van der Waals surface area (Å²) in [7, 11) is 0. The van der Waals surface area contributed by atoms with E-state index in [1.165, 1.54) is 0 Å². The van der Waals surface area contributed by atoms with E-state index in [1.807, 2.05) is 13.8 Å². The zero-order chi connectivity index (χ0) is 15.2. The largest absolute Gasteiger partial charge is 0.465 e. The van der Waals surface area contributed by atoms with E-state index in [1.54, 1.807) is 11.3 Å². The number of hydrogen-bond acceptors (Lipinski definition) is 6. The molecule has 0 radical (unpaired) electrons. The van der Waals surface area contributed by atoms with Crippen LogP contribution in [0.1, 0.15) is 39.3 Å². The lowest BCUT2D eigenvalue weighted by molar-refractivity contribution is -0.149. The second-order valence-electron chi connectivity index (χ2n) is 5.38. The Morgan fingerprint density at radius 2 is 2.24 bits per heavy atom. The first-order valence-corrected chi connectivity index (χ1v) is 8.63. The van der Waals surface area contributed by atoms with Crippen molar-refractivity contribution in [3.8, 4) is 0 Å². The Bertz CT molecular complexity index is 456. The summed E-state index contributed by atoms with van der Waals surface area (Å²) >= 11 is 1.68. The van der Waals surface area contributed by atoms with E-state index in [0.29, 0.717) is 12.6 Å². The number of aromatic nitrogens is 1. The minimum Gasteiger partial charge on any atom is -0.465 e. The lowest BCUT2D eigenvalue weighted by Crippen LogP contribution is -2.47. The van der Waals surface area contributed by atoms with Gasteiger partial charge in [-0.1, -0.05) is 6.92 Å². The van der Waals surface area contributed by atoms with E-state index in [4.69, 9.17) is 4.74 Å². The van der Waals surface area contributed by atoms with Crippen molar-refractivity contribution < 1.29 is 9.53 Å². The van der Waals surface area contributed by atoms with Gasteiger partial charge in [-0.3, -0.25) is 9.69 Å². The number of nitrogens with one attached hydrogen (secondary N) is 1. The molecule has 0 bridgehead atoms. The van der Waals surface area contributed by atoms with Crippen LogP contribution < -0.4 is 5.32 Å². The molecule has 5 nitrogen and oxygen atoms in total. The third-order valence-electron chi connectivity index (χ3n) is 3.95. The standard InChI is InChI=1S/C15H25N3O2S/c1-4-12-10-21-15(16-12)17-13-6-8-18(9-7-13)11(3)14(19)20-5-2/h10-11,13H,4-9H2,1-3H3,(H,16,17)/t11-/m0/s1. The molecule has 1 saturated heterocycles. The van der Waals surface area contributed by atoms with Crippen molar-refractivity contribution >= 4 is 22.4 Å². The van der Waals surface area contributed by atoms with Crippen LogP contribution in [-0.4, -0.2) is 47.6 Å². The Labute approximate surface area is 130 Å². The monoisotopic (exact) mass is 311 g/mol. The van der Waals surface area contributed by atoms with E-state index in [2.05, 4.69) is 27.5 Å². The normalized spacial score (nSPS) is 18.4. The van der Waals surface area contributed by atoms with Crippen molar-refractivity contribution in [2.75, 3.05) is 25.0 Å². The minimum atomic E-state index is -0.141. The number of aryl methyl sites for hydroxylation is 1. The van der Waals surface area contributed by atoms with Gasteiger partial charge in [0.1, 0.15) is 6.04 Å². The number of anilines is 1. The van der Waals surface area contributed by atoms with Crippen LogP contribution in [0.4, 0.5) is 5.13 Å². The summed E-state index contributed by atoms with van der Waals surface area (Å²) in [4.78, 5) is 18.5. The second kappa shape index (κ2) is 7.75. The average Bonchev–Trinajstić information content (AvgIpc) is 2.95. The molecule has 1 N–H and O–H groups in total. The number of nitrogens with zero attached hydrogens (tertiary/aromatic N) is 2. The number of esters is 1. The van der Waals surface area contributed by atoms with Gasteiger partial charge in [0.2, 0.25) is 0 Å². The molecule has 2 rings (SSSR count). The Morgan fingerprint density at radius 3 is 2.81 bits per heavy atom. The maximum absolute atomic E-state index is 11.8. The van der Waals surface area contributed by atoms with Crippen molar-refractivity contribution in [1.82, 2.24) is 9.88 Å². The predicted molar refractivity (Wildman–Crippen MR) is 85.8 cm³/mol. The topological polar surface area (TPSA) is 54.5 Å². The first-order chi connectivity index (χ1) is 10.1. The molecule has 2 heterocycles. The summed E-state index contributed by atoms with van der Waals surface area (Å²) in [6.45, 7) is 8.19. The predicted octanol–water partition coefficient (Wildman–Crippen LogP) is 2.53. The van der Waals surface area contributed by atoms with E-state index < -0.39 is 0 Å². The molecule has 0 aromatic carbocycles. The zero-order valence-electron chi connectivity index (χ0n) is 13.1. The van der Waals surface area contributed by atoms with Crippen LogP contribution in [0.25, 0.3) is 0 Å². The van der Waals surface area contributed by atoms with Crippen molar-refractivity contribution in [1.29, 1.82) is 0 Å². The summed E-state index contributed by atoms with van der Waals surface area (Å²) in [5, 5.41) is 6.64. The van der Waals surface area contributed by atoms with Gasteiger partial charge in [0.15, 0.2) is 5.13 Å². The summed E-state index contributed by atoms with van der Waals surface area (Å²) in [6.07, 6.45) is 3.04. The van der Waals surface area contributed by atoms with Gasteiger partial charge < -0.3 is 10.1 Å². The maximum atomic E-state index is 11.8. The van der Waals surface area contributed by atoms with Gasteiger partial charge in [-0.15, -0.1) is 11.3 Å². The molecular weight excluding hydrogens is 286 g/mol. The molecule has 6 heteroatoms. The first-order valence-electron chi connectivity index (χ1n) is 7.75. The third-order valence-corrected chi connectivity index (χ3v) is 4.77. The van der Waals surface area contributed by atoms with Crippen LogP contribution in [-0.2, 0) is 16.0 Å². The number of carbonyl (C=O) groups excluding carboxylic acids is 1. The molecule has 21 heavy (non-hydrogen) atoms. The van der Waals surface area contributed by atoms with Crippen molar-refractivity contribution in [2.24, 2.45) is 0 Å². The van der Waals surface area contributed by atoms with Crippen LogP contribution in [0.3, 0.4) is 0 Å². The molecule has 1 aromatic rings. The Balaban J connectivity index is 1.78. The molecule has 1 aliphatic heterocycles. The number of thiazole rings is 1. The van der Waals surface area contributed by atoms with Crippen molar-refractivity contribution in [2.45, 2.75) is 52.1 Å². The van der Waals surface area contributed by atoms with Gasteiger partial charge in [-0.25, -0.2) is 4.98 Å². The van der Waals surface area contributed by atoms with E-state index in [0.717, 1.165) is 43.2 Å². The Morgan fingerprint density at radius 1 is 1.52 bits per heavy atom. The molecule has 0 unspecified atom stereocenters. The zero-order valence-corrected chi connectivity index (χ0v) is 13.9. The highest BCUT2D eigenvalue weighted by molar-refractivity contribution is 7.13. The minimum absolute atomic E-state index is 0.114. The molecule has 1 fully saturated rings. The molecule has 0 spiro atoms. The van der Waals surface area contributed by atoms with Gasteiger partial charge in [-0.05, 0) is 33.1 Å². The number of piperidine rings is 1. The molecule has 118 valence electrons. The number of carbonyl (C=O) groups is 1. The van der Waals surface area contributed by atoms with Crippen LogP contribution in [0.2, 0.25) is 0 Å². The van der Waals surface area contributed by atoms with Gasteiger partial charge in [0.25, 0.3) is 0 Å². The number of likely N-dealkylation sites (tertiary alicyclic amines) is 1. The summed E-state index contributed by atoms with van der Waals surface area (Å²) < 4.78 is 5.09. The first kappa shape index (κ1) is 16.2. The number of rotatable bonds is 6. The van der Waals surface area contributed by atoms with Gasteiger partial charge in [-0.2, -0.15) is 0 Å². The van der Waals surface area contributed by atoms with Crippen LogP contribution in [0.5, 0.6) is 0 Å². The SMILES string of the molecule is CCOC(=O)[C@H](C)N1CCC(Nc2nc(CC)cs2)CC1. The lowest BCUT2D eigenvalue weighted by Gasteiger charge is -2.35. The fourth-order valence-corrected chi connectivity index (χ4v) is 3.43. The van der Waals surface area contributed by atoms with Gasteiger partial charge >= 0.3 is 5.97 Å². The fraction of sp³-hybridized carbons (Fsp3) is 0.733. The summed E-state index contributed by atoms with van der Waals surface area (Å²) in [6, 6.07) is 0.309. The highest BCUT2D eigenvalue weighted by Gasteiger charge is 2.27. The number of ether oxygens (including phenoxy) is 1. The molecular formula is C15H25N3O2S. The van der Waals surface area contributed by atoms with Crippen LogP contribution >= 0.6 is 11.3 Å². The van der Waals surface area contributed by atoms with E-state index in [9.17, 15) is 4.79 Å². The highest BCUT2D eigenvalue weighted by Crippen LogP contribution is 2.21. The third kappa shape index (κ3) is 4.41. The molecule has 1 aromatic heterocycles. The van der Waals surface area contributed by atoms with Crippen LogP contribution in [0, 0.1) is 0 Å². The maximum Gasteiger partial charge on any atom is 0.323 e. The molecule has 0 aliphatic carbocycles. The average molecular weight is 311 g/mol.